The van der Waals surface area contributed by atoms with E-state index < -0.39 is 0 Å². The Balaban J connectivity index is 1.87. The van der Waals surface area contributed by atoms with E-state index in [1.807, 2.05) is 7.05 Å². The van der Waals surface area contributed by atoms with Crippen LogP contribution in [0.1, 0.15) is 46.0 Å². The van der Waals surface area contributed by atoms with Crippen molar-refractivity contribution in [2.24, 2.45) is 22.7 Å². The molecule has 1 saturated heterocycles. The lowest BCUT2D eigenvalue weighted by Gasteiger charge is -2.29. The number of rotatable bonds is 5. The minimum atomic E-state index is 0.571. The number of likely N-dealkylation sites (tertiary alicyclic amines) is 1. The first-order valence-corrected chi connectivity index (χ1v) is 9.13. The van der Waals surface area contributed by atoms with E-state index in [2.05, 4.69) is 48.1 Å². The van der Waals surface area contributed by atoms with Gasteiger partial charge in [0, 0.05) is 32.7 Å². The highest BCUT2D eigenvalue weighted by Crippen LogP contribution is 2.35. The van der Waals surface area contributed by atoms with Gasteiger partial charge in [0.25, 0.3) is 0 Å². The molecule has 0 aromatic carbocycles. The molecule has 1 aliphatic heterocycles. The Morgan fingerprint density at radius 2 is 1.77 bits per heavy atom. The molecule has 0 spiro atoms. The molecule has 2 aliphatic rings. The molecule has 22 heavy (non-hydrogen) atoms. The van der Waals surface area contributed by atoms with Gasteiger partial charge in [-0.2, -0.15) is 0 Å². The number of aliphatic imine (C=N–C) groups is 1. The minimum absolute atomic E-state index is 0.571. The summed E-state index contributed by atoms with van der Waals surface area (Å²) in [4.78, 5) is 9.39. The van der Waals surface area contributed by atoms with Crippen molar-refractivity contribution in [3.05, 3.63) is 0 Å². The van der Waals surface area contributed by atoms with Crippen LogP contribution in [0.15, 0.2) is 4.99 Å². The molecule has 1 aliphatic carbocycles. The monoisotopic (exact) mass is 308 g/mol. The fourth-order valence-corrected chi connectivity index (χ4v) is 4.14. The highest BCUT2D eigenvalue weighted by atomic mass is 15.3. The standard InChI is InChI=1S/C18H36N4/c1-14(2)10-17(21(4)5)11-20-18(19-3)22-12-15-8-6-7-9-16(15)13-22/h14-17H,6-13H2,1-5H3,(H,19,20). The molecule has 3 unspecified atom stereocenters. The predicted octanol–water partition coefficient (Wildman–Crippen LogP) is 2.66. The average Bonchev–Trinajstić information content (AvgIpc) is 2.89. The molecular formula is C18H36N4. The zero-order valence-corrected chi connectivity index (χ0v) is 15.3. The van der Waals surface area contributed by atoms with Gasteiger partial charge in [-0.3, -0.25) is 4.99 Å². The van der Waals surface area contributed by atoms with Crippen LogP contribution in [0.3, 0.4) is 0 Å². The fraction of sp³-hybridized carbons (Fsp3) is 0.944. The Morgan fingerprint density at radius 3 is 2.23 bits per heavy atom. The molecule has 4 nitrogen and oxygen atoms in total. The summed E-state index contributed by atoms with van der Waals surface area (Å²) in [5.41, 5.74) is 0. The van der Waals surface area contributed by atoms with Crippen molar-refractivity contribution in [1.82, 2.24) is 15.1 Å². The SMILES string of the molecule is CN=C(NCC(CC(C)C)N(C)C)N1CC2CCCCC2C1. The number of hydrogen-bond acceptors (Lipinski definition) is 2. The van der Waals surface area contributed by atoms with Gasteiger partial charge in [0.05, 0.1) is 0 Å². The highest BCUT2D eigenvalue weighted by Gasteiger charge is 2.35. The van der Waals surface area contributed by atoms with Gasteiger partial charge in [0.15, 0.2) is 5.96 Å². The lowest BCUT2D eigenvalue weighted by Crippen LogP contribution is -2.46. The summed E-state index contributed by atoms with van der Waals surface area (Å²) >= 11 is 0. The van der Waals surface area contributed by atoms with E-state index in [1.54, 1.807) is 0 Å². The summed E-state index contributed by atoms with van der Waals surface area (Å²) in [6.45, 7) is 8.01. The van der Waals surface area contributed by atoms with E-state index in [1.165, 1.54) is 45.2 Å². The van der Waals surface area contributed by atoms with Gasteiger partial charge < -0.3 is 15.1 Å². The molecule has 0 bridgehead atoms. The fourth-order valence-electron chi connectivity index (χ4n) is 4.14. The Kier molecular flexibility index (Phi) is 6.54. The predicted molar refractivity (Wildman–Crippen MR) is 95.3 cm³/mol. The molecule has 128 valence electrons. The Hall–Kier alpha value is -0.770. The maximum absolute atomic E-state index is 4.55. The zero-order chi connectivity index (χ0) is 16.1. The van der Waals surface area contributed by atoms with Crippen LogP contribution in [0.5, 0.6) is 0 Å². The second-order valence-electron chi connectivity index (χ2n) is 7.88. The zero-order valence-electron chi connectivity index (χ0n) is 15.3. The number of fused-ring (bicyclic) bond motifs is 1. The van der Waals surface area contributed by atoms with E-state index in [0.717, 1.165) is 30.3 Å². The first kappa shape index (κ1) is 17.6. The molecule has 0 aromatic rings. The molecule has 0 aromatic heterocycles. The second kappa shape index (κ2) is 8.19. The van der Waals surface area contributed by atoms with Crippen molar-refractivity contribution in [3.63, 3.8) is 0 Å². The molecule has 3 atom stereocenters. The van der Waals surface area contributed by atoms with Crippen molar-refractivity contribution in [2.75, 3.05) is 40.8 Å². The third kappa shape index (κ3) is 4.61. The van der Waals surface area contributed by atoms with Gasteiger partial charge in [-0.25, -0.2) is 0 Å². The van der Waals surface area contributed by atoms with Gasteiger partial charge >= 0.3 is 0 Å². The van der Waals surface area contributed by atoms with E-state index in [9.17, 15) is 0 Å². The lowest BCUT2D eigenvalue weighted by atomic mass is 9.82. The van der Waals surface area contributed by atoms with Crippen molar-refractivity contribution in [1.29, 1.82) is 0 Å². The van der Waals surface area contributed by atoms with Crippen LogP contribution < -0.4 is 5.32 Å². The van der Waals surface area contributed by atoms with Crippen LogP contribution in [0.4, 0.5) is 0 Å². The molecular weight excluding hydrogens is 272 g/mol. The third-order valence-electron chi connectivity index (χ3n) is 5.46. The summed E-state index contributed by atoms with van der Waals surface area (Å²) in [7, 11) is 6.29. The van der Waals surface area contributed by atoms with E-state index in [4.69, 9.17) is 0 Å². The van der Waals surface area contributed by atoms with Crippen LogP contribution in [0.2, 0.25) is 0 Å². The van der Waals surface area contributed by atoms with Crippen LogP contribution in [-0.4, -0.2) is 62.6 Å². The maximum Gasteiger partial charge on any atom is 0.193 e. The lowest BCUT2D eigenvalue weighted by molar-refractivity contribution is 0.252. The Labute approximate surface area is 137 Å². The number of likely N-dealkylation sites (N-methyl/N-ethyl adjacent to an activating group) is 1. The first-order chi connectivity index (χ1) is 10.5. The molecule has 0 amide bonds. The molecule has 4 heteroatoms. The van der Waals surface area contributed by atoms with Crippen molar-refractivity contribution < 1.29 is 0 Å². The molecule has 2 rings (SSSR count). The molecule has 0 radical (unpaired) electrons. The van der Waals surface area contributed by atoms with E-state index >= 15 is 0 Å². The molecule has 1 N–H and O–H groups in total. The molecule has 2 fully saturated rings. The normalized spacial score (nSPS) is 27.4. The molecule has 1 saturated carbocycles. The summed E-state index contributed by atoms with van der Waals surface area (Å²) in [5.74, 6) is 3.66. The minimum Gasteiger partial charge on any atom is -0.355 e. The second-order valence-corrected chi connectivity index (χ2v) is 7.88. The number of hydrogen-bond donors (Lipinski definition) is 1. The van der Waals surface area contributed by atoms with Gasteiger partial charge in [-0.05, 0) is 51.1 Å². The first-order valence-electron chi connectivity index (χ1n) is 9.13. The quantitative estimate of drug-likeness (QED) is 0.626. The topological polar surface area (TPSA) is 30.9 Å². The van der Waals surface area contributed by atoms with Crippen LogP contribution >= 0.6 is 0 Å². The van der Waals surface area contributed by atoms with Crippen LogP contribution in [-0.2, 0) is 0 Å². The van der Waals surface area contributed by atoms with E-state index in [0.29, 0.717) is 6.04 Å². The van der Waals surface area contributed by atoms with Gasteiger partial charge in [-0.1, -0.05) is 26.7 Å². The summed E-state index contributed by atoms with van der Waals surface area (Å²) in [6, 6.07) is 0.571. The van der Waals surface area contributed by atoms with Gasteiger partial charge in [0.2, 0.25) is 0 Å². The number of nitrogens with one attached hydrogen (secondary N) is 1. The van der Waals surface area contributed by atoms with E-state index in [-0.39, 0.29) is 0 Å². The molecule has 1 heterocycles. The number of nitrogens with zero attached hydrogens (tertiary/aromatic N) is 3. The summed E-state index contributed by atoms with van der Waals surface area (Å²) in [6.07, 6.45) is 6.93. The third-order valence-corrected chi connectivity index (χ3v) is 5.46. The van der Waals surface area contributed by atoms with Crippen molar-refractivity contribution in [2.45, 2.75) is 52.0 Å². The van der Waals surface area contributed by atoms with Crippen molar-refractivity contribution in [3.8, 4) is 0 Å². The summed E-state index contributed by atoms with van der Waals surface area (Å²) in [5, 5.41) is 3.64. The Morgan fingerprint density at radius 1 is 1.18 bits per heavy atom. The smallest absolute Gasteiger partial charge is 0.193 e. The summed E-state index contributed by atoms with van der Waals surface area (Å²) < 4.78 is 0. The van der Waals surface area contributed by atoms with Gasteiger partial charge in [-0.15, -0.1) is 0 Å². The maximum atomic E-state index is 4.55. The highest BCUT2D eigenvalue weighted by molar-refractivity contribution is 5.80. The van der Waals surface area contributed by atoms with Crippen LogP contribution in [0.25, 0.3) is 0 Å². The Bertz CT molecular complexity index is 350. The van der Waals surface area contributed by atoms with Gasteiger partial charge in [0.1, 0.15) is 0 Å². The van der Waals surface area contributed by atoms with Crippen molar-refractivity contribution >= 4 is 5.96 Å². The van der Waals surface area contributed by atoms with Crippen LogP contribution in [0, 0.1) is 17.8 Å². The largest absolute Gasteiger partial charge is 0.355 e. The average molecular weight is 309 g/mol. The number of guanidine groups is 1.